The molecule has 0 saturated heterocycles. The summed E-state index contributed by atoms with van der Waals surface area (Å²) in [6.45, 7) is 7.85. The fourth-order valence-corrected chi connectivity index (χ4v) is 0.670. The minimum absolute atomic E-state index is 0.796. The van der Waals surface area contributed by atoms with Gasteiger partial charge >= 0.3 is 0 Å². The zero-order valence-electron chi connectivity index (χ0n) is 6.61. The molecule has 0 radical (unpaired) electrons. The smallest absolute Gasteiger partial charge is 0.0673 e. The molecule has 1 nitrogen and oxygen atoms in total. The summed E-state index contributed by atoms with van der Waals surface area (Å²) in [4.78, 5) is 0. The molecular weight excluding hydrogens is 112 g/mol. The number of hydrogen-bond acceptors (Lipinski definition) is 1. The Morgan fingerprint density at radius 3 is 2.56 bits per heavy atom. The van der Waals surface area contributed by atoms with E-state index in [1.165, 1.54) is 5.57 Å². The highest BCUT2D eigenvalue weighted by Gasteiger charge is 1.84. The van der Waals surface area contributed by atoms with Crippen molar-refractivity contribution in [2.45, 2.75) is 27.2 Å². The molecular formula is C8H16O. The molecule has 9 heavy (non-hydrogen) atoms. The molecule has 0 saturated carbocycles. The minimum Gasteiger partial charge on any atom is -0.377 e. The zero-order chi connectivity index (χ0) is 7.11. The van der Waals surface area contributed by atoms with Crippen LogP contribution in [0.5, 0.6) is 0 Å². The fraction of sp³-hybridized carbons (Fsp3) is 0.750. The third kappa shape index (κ3) is 5.57. The van der Waals surface area contributed by atoms with Gasteiger partial charge in [-0.15, -0.1) is 0 Å². The maximum absolute atomic E-state index is 5.18. The van der Waals surface area contributed by atoms with E-state index < -0.39 is 0 Å². The van der Waals surface area contributed by atoms with Crippen molar-refractivity contribution in [3.8, 4) is 0 Å². The van der Waals surface area contributed by atoms with Gasteiger partial charge in [0.2, 0.25) is 0 Å². The molecule has 1 heteroatoms. The first-order chi connectivity index (χ1) is 4.31. The van der Waals surface area contributed by atoms with Crippen LogP contribution in [0.2, 0.25) is 0 Å². The molecule has 54 valence electrons. The Hall–Kier alpha value is -0.300. The van der Waals surface area contributed by atoms with Crippen molar-refractivity contribution in [1.82, 2.24) is 0 Å². The molecule has 0 spiro atoms. The third-order valence-electron chi connectivity index (χ3n) is 1.09. The van der Waals surface area contributed by atoms with Crippen molar-refractivity contribution in [3.63, 3.8) is 0 Å². The van der Waals surface area contributed by atoms with Crippen LogP contribution in [0.1, 0.15) is 27.2 Å². The van der Waals surface area contributed by atoms with Gasteiger partial charge in [-0.05, 0) is 20.3 Å². The summed E-state index contributed by atoms with van der Waals surface area (Å²) < 4.78 is 5.18. The van der Waals surface area contributed by atoms with Crippen molar-refractivity contribution in [2.24, 2.45) is 0 Å². The number of allylic oxidation sites excluding steroid dienone is 1. The van der Waals surface area contributed by atoms with E-state index in [0.29, 0.717) is 0 Å². The van der Waals surface area contributed by atoms with Crippen LogP contribution in [-0.2, 0) is 4.74 Å². The van der Waals surface area contributed by atoms with E-state index >= 15 is 0 Å². The van der Waals surface area contributed by atoms with Crippen molar-refractivity contribution >= 4 is 0 Å². The quantitative estimate of drug-likeness (QED) is 0.528. The van der Waals surface area contributed by atoms with E-state index in [0.717, 1.165) is 19.6 Å². The largest absolute Gasteiger partial charge is 0.377 e. The second-order valence-electron chi connectivity index (χ2n) is 2.10. The first-order valence-electron chi connectivity index (χ1n) is 3.54. The summed E-state index contributed by atoms with van der Waals surface area (Å²) in [6, 6.07) is 0. The Labute approximate surface area is 57.7 Å². The van der Waals surface area contributed by atoms with Gasteiger partial charge < -0.3 is 4.74 Å². The molecule has 0 unspecified atom stereocenters. The predicted octanol–water partition coefficient (Wildman–Crippen LogP) is 2.38. The van der Waals surface area contributed by atoms with Crippen LogP contribution in [-0.4, -0.2) is 13.2 Å². The van der Waals surface area contributed by atoms with E-state index in [1.54, 1.807) is 0 Å². The minimum atomic E-state index is 0.796. The topological polar surface area (TPSA) is 9.23 Å². The Bertz CT molecular complexity index is 84.6. The molecule has 0 aliphatic heterocycles. The lowest BCUT2D eigenvalue weighted by Crippen LogP contribution is -1.93. The monoisotopic (exact) mass is 128 g/mol. The number of ether oxygens (including phenoxy) is 1. The van der Waals surface area contributed by atoms with E-state index in [9.17, 15) is 0 Å². The molecule has 0 N–H and O–H groups in total. The van der Waals surface area contributed by atoms with Crippen molar-refractivity contribution in [3.05, 3.63) is 11.6 Å². The summed E-state index contributed by atoms with van der Waals surface area (Å²) in [5.41, 5.74) is 1.33. The molecule has 0 atom stereocenters. The molecule has 0 bridgehead atoms. The Kier molecular flexibility index (Phi) is 5.64. The highest BCUT2D eigenvalue weighted by molar-refractivity contribution is 4.97. The van der Waals surface area contributed by atoms with Crippen LogP contribution in [0.3, 0.4) is 0 Å². The van der Waals surface area contributed by atoms with Crippen LogP contribution >= 0.6 is 0 Å². The molecule has 0 aliphatic carbocycles. The Morgan fingerprint density at radius 1 is 1.44 bits per heavy atom. The van der Waals surface area contributed by atoms with Gasteiger partial charge in [-0.1, -0.05) is 18.6 Å². The van der Waals surface area contributed by atoms with Gasteiger partial charge in [-0.3, -0.25) is 0 Å². The molecule has 0 aromatic heterocycles. The normalized spacial score (nSPS) is 12.1. The summed E-state index contributed by atoms with van der Waals surface area (Å²) in [6.07, 6.45) is 3.30. The fourth-order valence-electron chi connectivity index (χ4n) is 0.670. The first-order valence-corrected chi connectivity index (χ1v) is 3.54. The second-order valence-corrected chi connectivity index (χ2v) is 2.10. The second kappa shape index (κ2) is 5.83. The molecule has 0 amide bonds. The zero-order valence-corrected chi connectivity index (χ0v) is 6.61. The van der Waals surface area contributed by atoms with Gasteiger partial charge in [-0.25, -0.2) is 0 Å². The lowest BCUT2D eigenvalue weighted by molar-refractivity contribution is 0.170. The van der Waals surface area contributed by atoms with E-state index in [2.05, 4.69) is 19.9 Å². The highest BCUT2D eigenvalue weighted by atomic mass is 16.5. The van der Waals surface area contributed by atoms with Gasteiger partial charge in [0.05, 0.1) is 6.61 Å². The maximum Gasteiger partial charge on any atom is 0.0673 e. The van der Waals surface area contributed by atoms with Crippen LogP contribution in [0, 0.1) is 0 Å². The molecule has 0 heterocycles. The summed E-state index contributed by atoms with van der Waals surface area (Å²) >= 11 is 0. The van der Waals surface area contributed by atoms with Crippen LogP contribution in [0.4, 0.5) is 0 Å². The third-order valence-corrected chi connectivity index (χ3v) is 1.09. The predicted molar refractivity (Wildman–Crippen MR) is 40.5 cm³/mol. The summed E-state index contributed by atoms with van der Waals surface area (Å²) in [5, 5.41) is 0. The number of hydrogen-bond donors (Lipinski definition) is 0. The average molecular weight is 128 g/mol. The summed E-state index contributed by atoms with van der Waals surface area (Å²) in [5.74, 6) is 0. The van der Waals surface area contributed by atoms with E-state index in [1.807, 2.05) is 6.92 Å². The SMILES string of the molecule is CCC=C(C)COCC. The Balaban J connectivity index is 3.25. The van der Waals surface area contributed by atoms with E-state index in [-0.39, 0.29) is 0 Å². The molecule has 0 aromatic carbocycles. The maximum atomic E-state index is 5.18. The van der Waals surface area contributed by atoms with Gasteiger partial charge in [0, 0.05) is 6.61 Å². The van der Waals surface area contributed by atoms with Crippen molar-refractivity contribution in [1.29, 1.82) is 0 Å². The van der Waals surface area contributed by atoms with Crippen LogP contribution in [0.15, 0.2) is 11.6 Å². The lowest BCUT2D eigenvalue weighted by atomic mass is 10.3. The Morgan fingerprint density at radius 2 is 2.11 bits per heavy atom. The summed E-state index contributed by atoms with van der Waals surface area (Å²) in [7, 11) is 0. The standard InChI is InChI=1S/C8H16O/c1-4-6-8(3)7-9-5-2/h6H,4-5,7H2,1-3H3. The van der Waals surface area contributed by atoms with Crippen LogP contribution in [0.25, 0.3) is 0 Å². The van der Waals surface area contributed by atoms with Gasteiger partial charge in [-0.2, -0.15) is 0 Å². The molecule has 0 rings (SSSR count). The number of rotatable bonds is 4. The highest BCUT2D eigenvalue weighted by Crippen LogP contribution is 1.94. The van der Waals surface area contributed by atoms with Gasteiger partial charge in [0.1, 0.15) is 0 Å². The van der Waals surface area contributed by atoms with Gasteiger partial charge in [0.25, 0.3) is 0 Å². The lowest BCUT2D eigenvalue weighted by Gasteiger charge is -1.98. The van der Waals surface area contributed by atoms with E-state index in [4.69, 9.17) is 4.74 Å². The van der Waals surface area contributed by atoms with Crippen molar-refractivity contribution in [2.75, 3.05) is 13.2 Å². The average Bonchev–Trinajstić information content (AvgIpc) is 1.85. The van der Waals surface area contributed by atoms with Gasteiger partial charge in [0.15, 0.2) is 0 Å². The molecule has 0 aliphatic rings. The molecule has 0 aromatic rings. The molecule has 0 fully saturated rings. The first kappa shape index (κ1) is 8.70. The van der Waals surface area contributed by atoms with Crippen LogP contribution < -0.4 is 0 Å². The van der Waals surface area contributed by atoms with Crippen molar-refractivity contribution < 1.29 is 4.74 Å².